The summed E-state index contributed by atoms with van der Waals surface area (Å²) in [5.74, 6) is 0.972. The molecule has 26 heavy (non-hydrogen) atoms. The molecule has 0 spiro atoms. The summed E-state index contributed by atoms with van der Waals surface area (Å²) in [5.41, 5.74) is 2.99. The third-order valence-corrected chi connectivity index (χ3v) is 5.90. The number of H-pyrrole nitrogens is 1. The third kappa shape index (κ3) is 3.16. The lowest BCUT2D eigenvalue weighted by molar-refractivity contribution is 0.0631. The van der Waals surface area contributed by atoms with Crippen molar-refractivity contribution in [3.63, 3.8) is 0 Å². The molecule has 2 fully saturated rings. The van der Waals surface area contributed by atoms with Crippen LogP contribution in [0.4, 0.5) is 0 Å². The summed E-state index contributed by atoms with van der Waals surface area (Å²) in [4.78, 5) is 21.6. The van der Waals surface area contributed by atoms with Gasteiger partial charge in [0.15, 0.2) is 0 Å². The molecule has 2 aromatic rings. The molecule has 0 radical (unpaired) electrons. The van der Waals surface area contributed by atoms with Gasteiger partial charge in [-0.2, -0.15) is 5.10 Å². The van der Waals surface area contributed by atoms with Gasteiger partial charge in [0, 0.05) is 32.8 Å². The molecule has 1 amide bonds. The normalized spacial score (nSPS) is 24.0. The van der Waals surface area contributed by atoms with Crippen LogP contribution >= 0.6 is 0 Å². The van der Waals surface area contributed by atoms with E-state index in [1.165, 1.54) is 5.69 Å². The van der Waals surface area contributed by atoms with Gasteiger partial charge in [-0.15, -0.1) is 0 Å². The lowest BCUT2D eigenvalue weighted by Crippen LogP contribution is -2.43. The second-order valence-corrected chi connectivity index (χ2v) is 7.91. The van der Waals surface area contributed by atoms with E-state index in [1.54, 1.807) is 6.20 Å². The minimum atomic E-state index is 0.0811. The molecule has 1 aliphatic carbocycles. The summed E-state index contributed by atoms with van der Waals surface area (Å²) in [6.45, 7) is 1.83. The van der Waals surface area contributed by atoms with Crippen LogP contribution < -0.4 is 0 Å². The third-order valence-electron chi connectivity index (χ3n) is 5.90. The van der Waals surface area contributed by atoms with Crippen LogP contribution in [-0.4, -0.2) is 62.6 Å². The van der Waals surface area contributed by atoms with Gasteiger partial charge < -0.3 is 9.47 Å². The van der Waals surface area contributed by atoms with Gasteiger partial charge >= 0.3 is 0 Å². The molecule has 140 valence electrons. The molecule has 1 N–H and O–H groups in total. The molecule has 2 atom stereocenters. The Morgan fingerprint density at radius 3 is 2.81 bits per heavy atom. The summed E-state index contributed by atoms with van der Waals surface area (Å²) < 4.78 is 2.10. The molecule has 1 saturated carbocycles. The molecule has 1 aliphatic heterocycles. The lowest BCUT2D eigenvalue weighted by Gasteiger charge is -2.40. The molecule has 0 bridgehead atoms. The number of nitrogens with one attached hydrogen (secondary N) is 1. The van der Waals surface area contributed by atoms with E-state index in [0.717, 1.165) is 50.0 Å². The summed E-state index contributed by atoms with van der Waals surface area (Å²) in [6, 6.07) is 0.291. The number of imidazole rings is 1. The zero-order valence-electron chi connectivity index (χ0n) is 15.9. The van der Waals surface area contributed by atoms with Gasteiger partial charge in [-0.3, -0.25) is 14.8 Å². The number of rotatable bonds is 5. The topological polar surface area (TPSA) is 70.1 Å². The maximum absolute atomic E-state index is 13.0. The molecule has 0 unspecified atom stereocenters. The minimum Gasteiger partial charge on any atom is -0.341 e. The van der Waals surface area contributed by atoms with E-state index < -0.39 is 0 Å². The molecule has 2 aromatic heterocycles. The largest absolute Gasteiger partial charge is 0.341 e. The van der Waals surface area contributed by atoms with Gasteiger partial charge in [-0.1, -0.05) is 0 Å². The van der Waals surface area contributed by atoms with Gasteiger partial charge in [0.25, 0.3) is 5.91 Å². The van der Waals surface area contributed by atoms with Crippen molar-refractivity contribution in [2.45, 2.75) is 37.6 Å². The van der Waals surface area contributed by atoms with Crippen molar-refractivity contribution in [1.29, 1.82) is 0 Å². The Labute approximate surface area is 154 Å². The second kappa shape index (κ2) is 6.87. The van der Waals surface area contributed by atoms with Crippen LogP contribution in [0.1, 0.15) is 59.4 Å². The van der Waals surface area contributed by atoms with Gasteiger partial charge in [0.2, 0.25) is 0 Å². The van der Waals surface area contributed by atoms with Crippen molar-refractivity contribution >= 4 is 5.91 Å². The van der Waals surface area contributed by atoms with Crippen molar-refractivity contribution in [3.05, 3.63) is 35.7 Å². The number of aromatic amines is 1. The van der Waals surface area contributed by atoms with E-state index in [2.05, 4.69) is 31.7 Å². The first kappa shape index (κ1) is 17.3. The Balaban J connectivity index is 1.51. The summed E-state index contributed by atoms with van der Waals surface area (Å²) >= 11 is 0. The van der Waals surface area contributed by atoms with E-state index in [0.29, 0.717) is 17.9 Å². The smallest absolute Gasteiger partial charge is 0.257 e. The highest BCUT2D eigenvalue weighted by molar-refractivity contribution is 5.95. The van der Waals surface area contributed by atoms with E-state index in [4.69, 9.17) is 0 Å². The number of carbonyl (C=O) groups is 1. The highest BCUT2D eigenvalue weighted by Gasteiger charge is 2.35. The quantitative estimate of drug-likeness (QED) is 0.891. The summed E-state index contributed by atoms with van der Waals surface area (Å²) in [7, 11) is 6.14. The maximum atomic E-state index is 13.0. The number of nitrogens with zero attached hydrogens (tertiary/aromatic N) is 5. The first-order valence-electron chi connectivity index (χ1n) is 9.51. The Kier molecular flexibility index (Phi) is 4.56. The van der Waals surface area contributed by atoms with Crippen molar-refractivity contribution in [3.8, 4) is 0 Å². The average molecular weight is 356 g/mol. The van der Waals surface area contributed by atoms with Crippen LogP contribution in [0.2, 0.25) is 0 Å². The molecule has 3 heterocycles. The van der Waals surface area contributed by atoms with Gasteiger partial charge in [0.05, 0.1) is 35.5 Å². The Morgan fingerprint density at radius 2 is 2.12 bits per heavy atom. The van der Waals surface area contributed by atoms with Crippen LogP contribution in [0, 0.1) is 5.92 Å². The van der Waals surface area contributed by atoms with Crippen molar-refractivity contribution < 1.29 is 4.79 Å². The Bertz CT molecular complexity index is 777. The first-order chi connectivity index (χ1) is 12.6. The SMILES string of the molecule is CN(C[C@@H]1CCCN(C)[C@H]1c1cncn1C)C(=O)c1cn[nH]c1C1CC1. The number of aryl methyl sites for hydroxylation is 1. The van der Waals surface area contributed by atoms with Crippen LogP contribution in [0.3, 0.4) is 0 Å². The summed E-state index contributed by atoms with van der Waals surface area (Å²) in [6.07, 6.45) is 10.1. The van der Waals surface area contributed by atoms with Gasteiger partial charge in [-0.05, 0) is 45.2 Å². The van der Waals surface area contributed by atoms with Crippen molar-refractivity contribution in [2.24, 2.45) is 13.0 Å². The van der Waals surface area contributed by atoms with Crippen LogP contribution in [0.25, 0.3) is 0 Å². The minimum absolute atomic E-state index is 0.0811. The van der Waals surface area contributed by atoms with E-state index in [-0.39, 0.29) is 5.91 Å². The average Bonchev–Trinajstić information content (AvgIpc) is 3.20. The molecule has 2 aliphatic rings. The second-order valence-electron chi connectivity index (χ2n) is 7.91. The fourth-order valence-electron chi connectivity index (χ4n) is 4.36. The molecular formula is C19H28N6O. The zero-order chi connectivity index (χ0) is 18.3. The van der Waals surface area contributed by atoms with Gasteiger partial charge in [0.1, 0.15) is 0 Å². The molecule has 7 nitrogen and oxygen atoms in total. The zero-order valence-corrected chi connectivity index (χ0v) is 15.9. The number of likely N-dealkylation sites (tertiary alicyclic amines) is 1. The number of hydrogen-bond acceptors (Lipinski definition) is 4. The van der Waals surface area contributed by atoms with Crippen LogP contribution in [0.5, 0.6) is 0 Å². The molecular weight excluding hydrogens is 328 g/mol. The highest BCUT2D eigenvalue weighted by Crippen LogP contribution is 2.41. The maximum Gasteiger partial charge on any atom is 0.257 e. The number of hydrogen-bond donors (Lipinski definition) is 1. The standard InChI is InChI=1S/C19H28N6O/c1-23-8-4-5-14(18(23)16-10-20-12-25(16)3)11-24(2)19(26)15-9-21-22-17(15)13-6-7-13/h9-10,12-14,18H,4-8,11H2,1-3H3,(H,21,22)/t14-,18+/m0/s1. The lowest BCUT2D eigenvalue weighted by atomic mass is 9.87. The fraction of sp³-hybridized carbons (Fsp3) is 0.632. The number of amides is 1. The van der Waals surface area contributed by atoms with E-state index in [1.807, 2.05) is 31.5 Å². The van der Waals surface area contributed by atoms with Crippen LogP contribution in [0.15, 0.2) is 18.7 Å². The van der Waals surface area contributed by atoms with Crippen molar-refractivity contribution in [2.75, 3.05) is 27.2 Å². The Hall–Kier alpha value is -2.15. The highest BCUT2D eigenvalue weighted by atomic mass is 16.2. The monoisotopic (exact) mass is 356 g/mol. The fourth-order valence-corrected chi connectivity index (χ4v) is 4.36. The molecule has 0 aromatic carbocycles. The van der Waals surface area contributed by atoms with Gasteiger partial charge in [-0.25, -0.2) is 4.98 Å². The van der Waals surface area contributed by atoms with Crippen molar-refractivity contribution in [1.82, 2.24) is 29.5 Å². The van der Waals surface area contributed by atoms with E-state index >= 15 is 0 Å². The molecule has 4 rings (SSSR count). The number of piperidine rings is 1. The van der Waals surface area contributed by atoms with E-state index in [9.17, 15) is 4.79 Å². The number of carbonyl (C=O) groups excluding carboxylic acids is 1. The molecule has 7 heteroatoms. The Morgan fingerprint density at radius 1 is 1.31 bits per heavy atom. The summed E-state index contributed by atoms with van der Waals surface area (Å²) in [5, 5.41) is 7.16. The van der Waals surface area contributed by atoms with Crippen LogP contribution in [-0.2, 0) is 7.05 Å². The first-order valence-corrected chi connectivity index (χ1v) is 9.51. The molecule has 1 saturated heterocycles. The predicted molar refractivity (Wildman–Crippen MR) is 98.8 cm³/mol. The predicted octanol–water partition coefficient (Wildman–Crippen LogP) is 2.18. The number of aromatic nitrogens is 4.